The Morgan fingerprint density at radius 2 is 1.91 bits per heavy atom. The Bertz CT molecular complexity index is 1340. The van der Waals surface area contributed by atoms with Crippen molar-refractivity contribution >= 4 is 72.2 Å². The van der Waals surface area contributed by atoms with Gasteiger partial charge in [0.25, 0.3) is 5.91 Å². The minimum Gasteiger partial charge on any atom is -0.489 e. The van der Waals surface area contributed by atoms with Gasteiger partial charge in [0.1, 0.15) is 12.4 Å². The van der Waals surface area contributed by atoms with Crippen LogP contribution in [0.5, 0.6) is 5.75 Å². The number of hydrogen-bond acceptors (Lipinski definition) is 7. The summed E-state index contributed by atoms with van der Waals surface area (Å²) in [6, 6.07) is 12.0. The highest BCUT2D eigenvalue weighted by Gasteiger charge is 2.38. The molecule has 2 heterocycles. The van der Waals surface area contributed by atoms with Gasteiger partial charge in [0.05, 0.1) is 5.57 Å². The van der Waals surface area contributed by atoms with E-state index in [1.54, 1.807) is 42.5 Å². The van der Waals surface area contributed by atoms with Gasteiger partial charge in [0, 0.05) is 21.9 Å². The highest BCUT2D eigenvalue weighted by atomic mass is 35.5. The third kappa shape index (κ3) is 4.73. The van der Waals surface area contributed by atoms with Crippen LogP contribution in [0.2, 0.25) is 10.0 Å². The third-order valence-electron chi connectivity index (χ3n) is 4.35. The van der Waals surface area contributed by atoms with Gasteiger partial charge in [-0.3, -0.25) is 10.2 Å². The lowest BCUT2D eigenvalue weighted by atomic mass is 10.1. The lowest BCUT2D eigenvalue weighted by Gasteiger charge is -2.20. The van der Waals surface area contributed by atoms with Gasteiger partial charge in [-0.1, -0.05) is 41.4 Å². The molecule has 0 spiro atoms. The van der Waals surface area contributed by atoms with Gasteiger partial charge in [-0.05, 0) is 47.7 Å². The predicted molar refractivity (Wildman–Crippen MR) is 127 cm³/mol. The molecule has 12 heteroatoms. The zero-order valence-corrected chi connectivity index (χ0v) is 19.5. The molecule has 0 saturated carbocycles. The first-order valence-electron chi connectivity index (χ1n) is 8.99. The molecule has 2 aliphatic heterocycles. The molecule has 2 aliphatic rings. The summed E-state index contributed by atoms with van der Waals surface area (Å²) in [6.07, 6.45) is 2.49. The molecule has 0 saturated heterocycles. The summed E-state index contributed by atoms with van der Waals surface area (Å²) in [7, 11) is -3.58. The molecular weight excluding hydrogens is 495 g/mol. The zero-order valence-electron chi connectivity index (χ0n) is 16.4. The van der Waals surface area contributed by atoms with Crippen molar-refractivity contribution < 1.29 is 17.9 Å². The van der Waals surface area contributed by atoms with Crippen LogP contribution in [0.3, 0.4) is 0 Å². The minimum atomic E-state index is -3.58. The average molecular weight is 509 g/mol. The monoisotopic (exact) mass is 508 g/mol. The van der Waals surface area contributed by atoms with Crippen molar-refractivity contribution in [3.8, 4) is 5.75 Å². The normalized spacial score (nSPS) is 17.3. The molecule has 32 heavy (non-hydrogen) atoms. The van der Waals surface area contributed by atoms with Crippen LogP contribution in [0.15, 0.2) is 58.1 Å². The van der Waals surface area contributed by atoms with Crippen molar-refractivity contribution in [2.24, 2.45) is 10.1 Å². The first-order valence-corrected chi connectivity index (χ1v) is 12.5. The number of amidine groups is 2. The number of carbonyl (C=O) groups excluding carboxylic acids is 1. The van der Waals surface area contributed by atoms with Crippen LogP contribution in [-0.2, 0) is 21.2 Å². The third-order valence-corrected chi connectivity index (χ3v) is 7.52. The maximum atomic E-state index is 12.4. The number of sulfone groups is 1. The molecular formula is C20H14Cl2N4O4S2. The number of fused-ring (bicyclic) bond motifs is 1. The number of hydrazone groups is 1. The molecule has 4 rings (SSSR count). The Balaban J connectivity index is 1.50. The van der Waals surface area contributed by atoms with Crippen LogP contribution in [0.4, 0.5) is 0 Å². The number of rotatable bonds is 4. The highest BCUT2D eigenvalue weighted by Crippen LogP contribution is 2.30. The lowest BCUT2D eigenvalue weighted by Crippen LogP contribution is -2.35. The molecule has 2 aromatic carbocycles. The van der Waals surface area contributed by atoms with Crippen LogP contribution in [0, 0.1) is 5.41 Å². The Morgan fingerprint density at radius 1 is 1.19 bits per heavy atom. The summed E-state index contributed by atoms with van der Waals surface area (Å²) in [5, 5.41) is 14.3. The number of nitrogens with zero attached hydrogens (tertiary/aromatic N) is 3. The maximum absolute atomic E-state index is 12.4. The topological polar surface area (TPSA) is 112 Å². The largest absolute Gasteiger partial charge is 0.489 e. The van der Waals surface area contributed by atoms with Crippen LogP contribution >= 0.6 is 35.0 Å². The maximum Gasteiger partial charge on any atom is 0.283 e. The fourth-order valence-electron chi connectivity index (χ4n) is 2.75. The van der Waals surface area contributed by atoms with Gasteiger partial charge in [0.15, 0.2) is 5.84 Å². The summed E-state index contributed by atoms with van der Waals surface area (Å²) in [4.78, 5) is 16.3. The Morgan fingerprint density at radius 3 is 2.56 bits per heavy atom. The van der Waals surface area contributed by atoms with Gasteiger partial charge in [-0.25, -0.2) is 8.42 Å². The van der Waals surface area contributed by atoms with Crippen LogP contribution in [0.1, 0.15) is 11.1 Å². The van der Waals surface area contributed by atoms with Crippen molar-refractivity contribution in [3.63, 3.8) is 0 Å². The summed E-state index contributed by atoms with van der Waals surface area (Å²) in [6.45, 7) is 0.254. The molecule has 0 bridgehead atoms. The number of ether oxygens (including phenoxy) is 1. The molecule has 2 aromatic rings. The standard InChI is InChI=1S/C20H14Cl2N4O4S2/c1-32(28,29)20-25-26-17(23)15(18(27)24-19(26)31-20)8-11-2-6-14(7-3-11)30-10-12-4-5-13(21)9-16(12)22/h2-9,23H,10H2,1H3/b15-8+,23-17?. The molecule has 8 nitrogen and oxygen atoms in total. The number of hydrogen-bond donors (Lipinski definition) is 1. The molecule has 0 aromatic heterocycles. The number of halogens is 2. The van der Waals surface area contributed by atoms with Crippen molar-refractivity contribution in [3.05, 3.63) is 69.2 Å². The summed E-state index contributed by atoms with van der Waals surface area (Å²) in [5.74, 6) is -0.304. The van der Waals surface area contributed by atoms with Crippen molar-refractivity contribution in [1.82, 2.24) is 5.01 Å². The van der Waals surface area contributed by atoms with E-state index in [0.717, 1.165) is 28.6 Å². The van der Waals surface area contributed by atoms with E-state index in [1.165, 1.54) is 6.08 Å². The van der Waals surface area contributed by atoms with Gasteiger partial charge >= 0.3 is 0 Å². The molecule has 0 aliphatic carbocycles. The molecule has 164 valence electrons. The molecule has 0 fully saturated rings. The van der Waals surface area contributed by atoms with Gasteiger partial charge < -0.3 is 4.74 Å². The van der Waals surface area contributed by atoms with Gasteiger partial charge in [0.2, 0.25) is 19.4 Å². The van der Waals surface area contributed by atoms with Crippen molar-refractivity contribution in [2.45, 2.75) is 6.61 Å². The highest BCUT2D eigenvalue weighted by molar-refractivity contribution is 8.42. The average Bonchev–Trinajstić information content (AvgIpc) is 3.16. The summed E-state index contributed by atoms with van der Waals surface area (Å²) < 4.78 is 29.0. The predicted octanol–water partition coefficient (Wildman–Crippen LogP) is 4.19. The van der Waals surface area contributed by atoms with E-state index in [9.17, 15) is 13.2 Å². The van der Waals surface area contributed by atoms with E-state index >= 15 is 0 Å². The second-order valence-electron chi connectivity index (χ2n) is 6.75. The van der Waals surface area contributed by atoms with Crippen molar-refractivity contribution in [1.29, 1.82) is 5.41 Å². The first-order chi connectivity index (χ1) is 15.1. The second-order valence-corrected chi connectivity index (χ2v) is 10.7. The van der Waals surface area contributed by atoms with E-state index in [4.69, 9.17) is 33.3 Å². The number of carbonyl (C=O) groups is 1. The Kier molecular flexibility index (Phi) is 6.13. The molecule has 1 N–H and O–H groups in total. The van der Waals surface area contributed by atoms with Gasteiger partial charge in [-0.15, -0.1) is 5.10 Å². The fourth-order valence-corrected chi connectivity index (χ4v) is 4.90. The number of thioether (sulfide) groups is 1. The van der Waals surface area contributed by atoms with Crippen molar-refractivity contribution in [2.75, 3.05) is 6.26 Å². The second kappa shape index (κ2) is 8.70. The zero-order chi connectivity index (χ0) is 23.0. The SMILES string of the molecule is CS(=O)(=O)C1=NN2C(=N)/C(=C\c3ccc(OCc4ccc(Cl)cc4Cl)cc3)C(=O)N=C2S1. The van der Waals surface area contributed by atoms with E-state index < -0.39 is 15.7 Å². The quantitative estimate of drug-likeness (QED) is 0.619. The number of nitrogens with one attached hydrogen (secondary N) is 1. The van der Waals surface area contributed by atoms with E-state index in [1.807, 2.05) is 0 Å². The van der Waals surface area contributed by atoms with Crippen LogP contribution in [0.25, 0.3) is 6.08 Å². The van der Waals surface area contributed by atoms with E-state index in [-0.39, 0.29) is 27.6 Å². The van der Waals surface area contributed by atoms with Gasteiger partial charge in [-0.2, -0.15) is 10.0 Å². The molecule has 0 atom stereocenters. The van der Waals surface area contributed by atoms with E-state index in [0.29, 0.717) is 21.4 Å². The lowest BCUT2D eigenvalue weighted by molar-refractivity contribution is -0.114. The number of amides is 1. The minimum absolute atomic E-state index is 0.00512. The van der Waals surface area contributed by atoms with Crippen LogP contribution < -0.4 is 4.74 Å². The van der Waals surface area contributed by atoms with E-state index in [2.05, 4.69) is 10.1 Å². The summed E-state index contributed by atoms with van der Waals surface area (Å²) in [5.41, 5.74) is 1.41. The fraction of sp³-hybridized carbons (Fsp3) is 0.100. The molecule has 0 unspecified atom stereocenters. The first kappa shape index (κ1) is 22.5. The Labute approximate surface area is 198 Å². The Hall–Kier alpha value is -2.66. The smallest absolute Gasteiger partial charge is 0.283 e. The number of benzene rings is 2. The molecule has 1 amide bonds. The number of aliphatic imine (C=N–C) groups is 1. The summed E-state index contributed by atoms with van der Waals surface area (Å²) >= 11 is 12.8. The molecule has 0 radical (unpaired) electrons. The van der Waals surface area contributed by atoms with Crippen LogP contribution in [-0.4, -0.2) is 41.0 Å².